The summed E-state index contributed by atoms with van der Waals surface area (Å²) in [6.45, 7) is 0. The average Bonchev–Trinajstić information content (AvgIpc) is 2.30. The predicted octanol–water partition coefficient (Wildman–Crippen LogP) is 0.341. The summed E-state index contributed by atoms with van der Waals surface area (Å²) in [5.41, 5.74) is -1.82. The van der Waals surface area contributed by atoms with Gasteiger partial charge in [-0.15, -0.1) is 0 Å². The smallest absolute Gasteiger partial charge is 0.314 e. The first-order chi connectivity index (χ1) is 7.68. The Morgan fingerprint density at radius 3 is 2.75 bits per heavy atom. The van der Waals surface area contributed by atoms with Gasteiger partial charge in [0.15, 0.2) is 0 Å². The molecule has 0 bridgehead atoms. The Morgan fingerprint density at radius 2 is 2.19 bits per heavy atom. The normalized spacial score (nSPS) is 22.9. The van der Waals surface area contributed by atoms with E-state index in [0.717, 1.165) is 0 Å². The molecule has 5 nitrogen and oxygen atoms in total. The summed E-state index contributed by atoms with van der Waals surface area (Å²) in [6.07, 6.45) is 8.74. The summed E-state index contributed by atoms with van der Waals surface area (Å²) in [5.74, 6) is 0. The van der Waals surface area contributed by atoms with Gasteiger partial charge in [-0.2, -0.15) is 5.26 Å². The molecule has 2 N–H and O–H groups in total. The predicted molar refractivity (Wildman–Crippen MR) is 57.9 cm³/mol. The second kappa shape index (κ2) is 3.66. The zero-order valence-electron chi connectivity index (χ0n) is 8.36. The Hall–Kier alpha value is -2.35. The molecule has 1 unspecified atom stereocenters. The molecule has 0 saturated carbocycles. The molecule has 0 radical (unpaired) electrons. The third kappa shape index (κ3) is 1.50. The summed E-state index contributed by atoms with van der Waals surface area (Å²) in [7, 11) is 0. The van der Waals surface area contributed by atoms with Crippen LogP contribution in [0.5, 0.6) is 0 Å². The molecule has 1 aliphatic rings. The number of hydrogen-bond acceptors (Lipinski definition) is 3. The number of nitriles is 1. The van der Waals surface area contributed by atoms with Crippen LogP contribution in [-0.4, -0.2) is 9.97 Å². The summed E-state index contributed by atoms with van der Waals surface area (Å²) in [4.78, 5) is 27.0. The Bertz CT molecular complexity index is 615. The second-order valence-corrected chi connectivity index (χ2v) is 3.56. The molecule has 1 aliphatic carbocycles. The van der Waals surface area contributed by atoms with Crippen molar-refractivity contribution in [1.29, 1.82) is 5.26 Å². The molecule has 5 heteroatoms. The molecular formula is C11H9N3O2. The Labute approximate surface area is 90.8 Å². The van der Waals surface area contributed by atoms with Crippen molar-refractivity contribution < 1.29 is 0 Å². The summed E-state index contributed by atoms with van der Waals surface area (Å²) < 4.78 is 0. The quantitative estimate of drug-likeness (QED) is 0.707. The first kappa shape index (κ1) is 10.2. The minimum Gasteiger partial charge on any atom is -0.314 e. The molecule has 0 fully saturated rings. The van der Waals surface area contributed by atoms with Crippen molar-refractivity contribution in [3.8, 4) is 6.07 Å². The van der Waals surface area contributed by atoms with Crippen LogP contribution in [0.2, 0.25) is 0 Å². The van der Waals surface area contributed by atoms with Crippen molar-refractivity contribution in [2.24, 2.45) is 0 Å². The van der Waals surface area contributed by atoms with Gasteiger partial charge in [0, 0.05) is 6.20 Å². The van der Waals surface area contributed by atoms with Crippen molar-refractivity contribution in [2.45, 2.75) is 11.8 Å². The first-order valence-corrected chi connectivity index (χ1v) is 4.76. The van der Waals surface area contributed by atoms with Crippen molar-refractivity contribution >= 4 is 0 Å². The van der Waals surface area contributed by atoms with Crippen LogP contribution in [0.4, 0.5) is 0 Å². The Kier molecular flexibility index (Phi) is 2.33. The third-order valence-corrected chi connectivity index (χ3v) is 2.57. The monoisotopic (exact) mass is 215 g/mol. The standard InChI is InChI=1S/C11H9N3O2/c12-7-11(4-2-1-3-5-11)8-6-13-10(16)14-9(8)15/h1-4,6H,5H2,(H2,13,14,15,16). The number of rotatable bonds is 1. The molecule has 1 heterocycles. The molecule has 1 atom stereocenters. The highest BCUT2D eigenvalue weighted by atomic mass is 16.2. The van der Waals surface area contributed by atoms with Gasteiger partial charge in [0.05, 0.1) is 11.6 Å². The minimum absolute atomic E-state index is 0.259. The van der Waals surface area contributed by atoms with E-state index in [1.54, 1.807) is 12.2 Å². The van der Waals surface area contributed by atoms with Gasteiger partial charge in [0.2, 0.25) is 0 Å². The number of allylic oxidation sites excluding steroid dienone is 4. The lowest BCUT2D eigenvalue weighted by atomic mass is 9.78. The van der Waals surface area contributed by atoms with E-state index in [4.69, 9.17) is 0 Å². The molecule has 0 aromatic carbocycles. The number of aromatic nitrogens is 2. The van der Waals surface area contributed by atoms with Crippen LogP contribution < -0.4 is 11.2 Å². The molecule has 2 rings (SSSR count). The molecule has 1 aromatic rings. The van der Waals surface area contributed by atoms with Gasteiger partial charge >= 0.3 is 5.69 Å². The van der Waals surface area contributed by atoms with Crippen LogP contribution in [0.1, 0.15) is 12.0 Å². The highest BCUT2D eigenvalue weighted by Gasteiger charge is 2.32. The largest absolute Gasteiger partial charge is 0.325 e. The molecule has 16 heavy (non-hydrogen) atoms. The Balaban J connectivity index is 2.63. The number of nitrogens with one attached hydrogen (secondary N) is 2. The van der Waals surface area contributed by atoms with Crippen LogP contribution in [0, 0.1) is 11.3 Å². The second-order valence-electron chi connectivity index (χ2n) is 3.56. The van der Waals surface area contributed by atoms with E-state index in [1.165, 1.54) is 6.20 Å². The molecule has 0 saturated heterocycles. The van der Waals surface area contributed by atoms with Crippen LogP contribution in [0.25, 0.3) is 0 Å². The van der Waals surface area contributed by atoms with Gasteiger partial charge in [0.1, 0.15) is 5.41 Å². The zero-order valence-corrected chi connectivity index (χ0v) is 8.36. The summed E-state index contributed by atoms with van der Waals surface area (Å²) >= 11 is 0. The maximum Gasteiger partial charge on any atom is 0.325 e. The maximum absolute atomic E-state index is 11.6. The SMILES string of the molecule is N#CC1(c2c[nH]c(=O)[nH]c2=O)C=CC=CC1. The lowest BCUT2D eigenvalue weighted by molar-refractivity contribution is 0.671. The van der Waals surface area contributed by atoms with Crippen LogP contribution in [0.3, 0.4) is 0 Å². The van der Waals surface area contributed by atoms with E-state index in [-0.39, 0.29) is 5.56 Å². The number of hydrogen-bond donors (Lipinski definition) is 2. The number of aromatic amines is 2. The highest BCUT2D eigenvalue weighted by molar-refractivity contribution is 5.40. The van der Waals surface area contributed by atoms with Gasteiger partial charge < -0.3 is 4.98 Å². The average molecular weight is 215 g/mol. The fraction of sp³-hybridized carbons (Fsp3) is 0.182. The van der Waals surface area contributed by atoms with E-state index in [1.807, 2.05) is 12.2 Å². The lowest BCUT2D eigenvalue weighted by Crippen LogP contribution is -2.34. The summed E-state index contributed by atoms with van der Waals surface area (Å²) in [5, 5.41) is 9.21. The molecule has 1 aromatic heterocycles. The number of nitrogens with zero attached hydrogens (tertiary/aromatic N) is 1. The molecular weight excluding hydrogens is 206 g/mol. The van der Waals surface area contributed by atoms with E-state index in [9.17, 15) is 14.9 Å². The molecule has 0 spiro atoms. The Morgan fingerprint density at radius 1 is 1.38 bits per heavy atom. The van der Waals surface area contributed by atoms with Crippen molar-refractivity contribution in [3.63, 3.8) is 0 Å². The topological polar surface area (TPSA) is 89.5 Å². The molecule has 0 aliphatic heterocycles. The van der Waals surface area contributed by atoms with Crippen molar-refractivity contribution in [1.82, 2.24) is 9.97 Å². The fourth-order valence-corrected chi connectivity index (χ4v) is 1.70. The van der Waals surface area contributed by atoms with Gasteiger partial charge in [0.25, 0.3) is 5.56 Å². The van der Waals surface area contributed by atoms with Gasteiger partial charge in [-0.1, -0.05) is 24.3 Å². The zero-order chi connectivity index (χ0) is 11.6. The minimum atomic E-state index is -0.980. The summed E-state index contributed by atoms with van der Waals surface area (Å²) in [6, 6.07) is 2.11. The maximum atomic E-state index is 11.6. The highest BCUT2D eigenvalue weighted by Crippen LogP contribution is 2.28. The number of H-pyrrole nitrogens is 2. The van der Waals surface area contributed by atoms with E-state index >= 15 is 0 Å². The lowest BCUT2D eigenvalue weighted by Gasteiger charge is -2.21. The van der Waals surface area contributed by atoms with Crippen LogP contribution in [-0.2, 0) is 5.41 Å². The van der Waals surface area contributed by atoms with Gasteiger partial charge in [-0.3, -0.25) is 9.78 Å². The van der Waals surface area contributed by atoms with E-state index < -0.39 is 16.7 Å². The van der Waals surface area contributed by atoms with Gasteiger partial charge in [-0.25, -0.2) is 4.79 Å². The third-order valence-electron chi connectivity index (χ3n) is 2.57. The first-order valence-electron chi connectivity index (χ1n) is 4.76. The molecule has 0 amide bonds. The van der Waals surface area contributed by atoms with Crippen LogP contribution >= 0.6 is 0 Å². The van der Waals surface area contributed by atoms with Crippen LogP contribution in [0.15, 0.2) is 40.1 Å². The van der Waals surface area contributed by atoms with E-state index in [2.05, 4.69) is 16.0 Å². The van der Waals surface area contributed by atoms with Gasteiger partial charge in [-0.05, 0) is 6.42 Å². The molecule has 80 valence electrons. The van der Waals surface area contributed by atoms with Crippen molar-refractivity contribution in [2.75, 3.05) is 0 Å². The van der Waals surface area contributed by atoms with E-state index in [0.29, 0.717) is 6.42 Å². The van der Waals surface area contributed by atoms with Crippen molar-refractivity contribution in [3.05, 3.63) is 56.9 Å². The fourth-order valence-electron chi connectivity index (χ4n) is 1.70.